The van der Waals surface area contributed by atoms with Gasteiger partial charge in [0, 0.05) is 19.3 Å². The van der Waals surface area contributed by atoms with Gasteiger partial charge in [-0.2, -0.15) is 0 Å². The Morgan fingerprint density at radius 3 is 2.70 bits per heavy atom. The molecule has 1 saturated heterocycles. The molecule has 3 saturated carbocycles. The highest BCUT2D eigenvalue weighted by molar-refractivity contribution is 5.81. The molecule has 4 fully saturated rings. The van der Waals surface area contributed by atoms with Crippen LogP contribution in [0.3, 0.4) is 0 Å². The first-order valence-corrected chi connectivity index (χ1v) is 10.9. The summed E-state index contributed by atoms with van der Waals surface area (Å²) in [5, 5.41) is 0. The minimum Gasteiger partial charge on any atom is -0.462 e. The molecule has 0 aromatic carbocycles. The van der Waals surface area contributed by atoms with E-state index < -0.39 is 0 Å². The van der Waals surface area contributed by atoms with Crippen molar-refractivity contribution in [3.63, 3.8) is 0 Å². The van der Waals surface area contributed by atoms with Gasteiger partial charge in [-0.3, -0.25) is 9.59 Å². The Kier molecular flexibility index (Phi) is 3.84. The van der Waals surface area contributed by atoms with E-state index in [0.717, 1.165) is 44.9 Å². The lowest BCUT2D eigenvalue weighted by Crippen LogP contribution is -2.52. The molecule has 0 N–H and O–H groups in total. The van der Waals surface area contributed by atoms with Crippen LogP contribution in [-0.4, -0.2) is 24.1 Å². The average molecular weight is 373 g/mol. The molecule has 4 aliphatic carbocycles. The second-order valence-corrected chi connectivity index (χ2v) is 10.1. The Labute approximate surface area is 162 Å². The molecular formula is C23H32O4. The number of allylic oxidation sites excluding steroid dienone is 1. The molecule has 148 valence electrons. The summed E-state index contributed by atoms with van der Waals surface area (Å²) in [5.41, 5.74) is 1.54. The molecule has 0 aromatic rings. The number of esters is 2. The van der Waals surface area contributed by atoms with Gasteiger partial charge in [0.2, 0.25) is 0 Å². The maximum atomic E-state index is 12.9. The fourth-order valence-electron chi connectivity index (χ4n) is 8.10. The first-order valence-electron chi connectivity index (χ1n) is 10.9. The van der Waals surface area contributed by atoms with Crippen LogP contribution in [0.5, 0.6) is 0 Å². The first-order chi connectivity index (χ1) is 12.9. The number of rotatable bonds is 1. The number of cyclic esters (lactones) is 1. The van der Waals surface area contributed by atoms with E-state index in [4.69, 9.17) is 9.47 Å². The summed E-state index contributed by atoms with van der Waals surface area (Å²) in [7, 11) is 0. The van der Waals surface area contributed by atoms with Crippen LogP contribution in [-0.2, 0) is 19.1 Å². The van der Waals surface area contributed by atoms with E-state index in [2.05, 4.69) is 19.9 Å². The number of ether oxygens (including phenoxy) is 2. The Balaban J connectivity index is 1.44. The van der Waals surface area contributed by atoms with Crippen molar-refractivity contribution in [1.29, 1.82) is 0 Å². The third kappa shape index (κ3) is 2.28. The summed E-state index contributed by atoms with van der Waals surface area (Å²) in [5.74, 6) is 2.16. The van der Waals surface area contributed by atoms with Crippen LogP contribution in [0.4, 0.5) is 0 Å². The molecule has 1 aliphatic heterocycles. The van der Waals surface area contributed by atoms with E-state index in [-0.39, 0.29) is 35.0 Å². The number of carbonyl (C=O) groups excluding carboxylic acids is 2. The topological polar surface area (TPSA) is 52.6 Å². The van der Waals surface area contributed by atoms with Crippen LogP contribution in [0.15, 0.2) is 11.6 Å². The van der Waals surface area contributed by atoms with Crippen molar-refractivity contribution in [3.05, 3.63) is 11.6 Å². The van der Waals surface area contributed by atoms with Crippen molar-refractivity contribution in [3.8, 4) is 0 Å². The first kappa shape index (κ1) is 17.8. The van der Waals surface area contributed by atoms with E-state index in [1.165, 1.54) is 18.9 Å². The van der Waals surface area contributed by atoms with Crippen LogP contribution in [0.25, 0.3) is 0 Å². The summed E-state index contributed by atoms with van der Waals surface area (Å²) in [6.07, 6.45) is 11.2. The van der Waals surface area contributed by atoms with Gasteiger partial charge in [-0.05, 0) is 75.0 Å². The second kappa shape index (κ2) is 5.84. The molecule has 5 aliphatic rings. The fraction of sp³-hybridized carbons (Fsp3) is 0.826. The van der Waals surface area contributed by atoms with Crippen molar-refractivity contribution in [2.45, 2.75) is 84.3 Å². The number of fused-ring (bicyclic) bond motifs is 4. The molecule has 5 rings (SSSR count). The number of hydrogen-bond acceptors (Lipinski definition) is 4. The highest BCUT2D eigenvalue weighted by Gasteiger charge is 2.68. The SMILES string of the molecule is CC(=O)OC1CCC2(C)C(=CCC3C2CCC24C(=O)OC(C)C2CCC34)C1. The smallest absolute Gasteiger partial charge is 0.313 e. The third-order valence-electron chi connectivity index (χ3n) is 9.21. The van der Waals surface area contributed by atoms with E-state index >= 15 is 0 Å². The second-order valence-electron chi connectivity index (χ2n) is 10.1. The zero-order chi connectivity index (χ0) is 19.0. The lowest BCUT2D eigenvalue weighted by Gasteiger charge is -2.57. The summed E-state index contributed by atoms with van der Waals surface area (Å²) < 4.78 is 11.3. The molecule has 0 amide bonds. The minimum absolute atomic E-state index is 0.0508. The van der Waals surface area contributed by atoms with Crippen molar-refractivity contribution >= 4 is 11.9 Å². The van der Waals surface area contributed by atoms with Crippen molar-refractivity contribution in [2.75, 3.05) is 0 Å². The van der Waals surface area contributed by atoms with Crippen LogP contribution in [0.2, 0.25) is 0 Å². The molecule has 0 radical (unpaired) electrons. The summed E-state index contributed by atoms with van der Waals surface area (Å²) in [4.78, 5) is 24.3. The van der Waals surface area contributed by atoms with E-state index in [1.807, 2.05) is 0 Å². The molecule has 27 heavy (non-hydrogen) atoms. The summed E-state index contributed by atoms with van der Waals surface area (Å²) >= 11 is 0. The van der Waals surface area contributed by atoms with Gasteiger partial charge in [-0.1, -0.05) is 18.6 Å². The van der Waals surface area contributed by atoms with E-state index in [9.17, 15) is 9.59 Å². The Hall–Kier alpha value is -1.32. The minimum atomic E-state index is -0.183. The Morgan fingerprint density at radius 2 is 1.93 bits per heavy atom. The van der Waals surface area contributed by atoms with Gasteiger partial charge < -0.3 is 9.47 Å². The predicted octanol–water partition coefficient (Wildman–Crippen LogP) is 4.42. The van der Waals surface area contributed by atoms with E-state index in [1.54, 1.807) is 0 Å². The van der Waals surface area contributed by atoms with Gasteiger partial charge in [-0.15, -0.1) is 0 Å². The maximum absolute atomic E-state index is 12.9. The van der Waals surface area contributed by atoms with Gasteiger partial charge >= 0.3 is 11.9 Å². The molecule has 4 heteroatoms. The van der Waals surface area contributed by atoms with Crippen LogP contribution >= 0.6 is 0 Å². The fourth-order valence-corrected chi connectivity index (χ4v) is 8.10. The van der Waals surface area contributed by atoms with Crippen LogP contribution in [0, 0.1) is 34.5 Å². The standard InChI is InChI=1S/C23H32O4/c1-13-18-6-7-20-17-5-4-15-12-16(27-14(2)24)8-10-22(15,3)19(17)9-11-23(18,20)21(25)26-13/h4,13,16-20H,5-12H2,1-3H3. The third-order valence-corrected chi connectivity index (χ3v) is 9.21. The predicted molar refractivity (Wildman–Crippen MR) is 101 cm³/mol. The van der Waals surface area contributed by atoms with Crippen molar-refractivity contribution in [2.24, 2.45) is 34.5 Å². The molecule has 0 bridgehead atoms. The largest absolute Gasteiger partial charge is 0.462 e. The number of carbonyl (C=O) groups is 2. The lowest BCUT2D eigenvalue weighted by atomic mass is 9.47. The zero-order valence-corrected chi connectivity index (χ0v) is 16.8. The highest BCUT2D eigenvalue weighted by atomic mass is 16.6. The van der Waals surface area contributed by atoms with Gasteiger partial charge in [0.1, 0.15) is 12.2 Å². The Bertz CT molecular complexity index is 711. The van der Waals surface area contributed by atoms with Crippen molar-refractivity contribution < 1.29 is 19.1 Å². The van der Waals surface area contributed by atoms with Crippen molar-refractivity contribution in [1.82, 2.24) is 0 Å². The normalized spacial score (nSPS) is 50.6. The monoisotopic (exact) mass is 372 g/mol. The van der Waals surface area contributed by atoms with Crippen LogP contribution in [0.1, 0.15) is 72.1 Å². The molecule has 1 heterocycles. The van der Waals surface area contributed by atoms with Gasteiger partial charge in [0.05, 0.1) is 5.41 Å². The zero-order valence-electron chi connectivity index (χ0n) is 16.8. The molecule has 4 nitrogen and oxygen atoms in total. The lowest BCUT2D eigenvalue weighted by molar-refractivity contribution is -0.157. The maximum Gasteiger partial charge on any atom is 0.313 e. The molecule has 8 unspecified atom stereocenters. The summed E-state index contributed by atoms with van der Waals surface area (Å²) in [6.45, 7) is 6.06. The molecule has 0 aromatic heterocycles. The average Bonchev–Trinajstić information content (AvgIpc) is 3.11. The van der Waals surface area contributed by atoms with Gasteiger partial charge in [0.25, 0.3) is 0 Å². The van der Waals surface area contributed by atoms with E-state index in [0.29, 0.717) is 23.7 Å². The number of hydrogen-bond donors (Lipinski definition) is 0. The van der Waals surface area contributed by atoms with Gasteiger partial charge in [-0.25, -0.2) is 0 Å². The quantitative estimate of drug-likeness (QED) is 0.505. The summed E-state index contributed by atoms with van der Waals surface area (Å²) in [6, 6.07) is 0. The molecule has 8 atom stereocenters. The highest BCUT2D eigenvalue weighted by Crippen LogP contribution is 2.68. The molecule has 1 spiro atoms. The molecular weight excluding hydrogens is 340 g/mol. The van der Waals surface area contributed by atoms with Gasteiger partial charge in [0.15, 0.2) is 0 Å². The Morgan fingerprint density at radius 1 is 1.15 bits per heavy atom. The van der Waals surface area contributed by atoms with Crippen LogP contribution < -0.4 is 0 Å².